The number of benzene rings is 2. The SMILES string of the molecule is O=C(NCCCc1ccccc1)c1cc(NCc2ccc3c(c2)OCO3)ncn1. The first-order valence-electron chi connectivity index (χ1n) is 9.54. The van der Waals surface area contributed by atoms with Crippen molar-refractivity contribution in [3.8, 4) is 11.5 Å². The predicted molar refractivity (Wildman–Crippen MR) is 109 cm³/mol. The zero-order valence-electron chi connectivity index (χ0n) is 15.9. The van der Waals surface area contributed by atoms with E-state index in [-0.39, 0.29) is 12.7 Å². The van der Waals surface area contributed by atoms with E-state index in [1.807, 2.05) is 36.4 Å². The van der Waals surface area contributed by atoms with Crippen molar-refractivity contribution in [1.29, 1.82) is 0 Å². The number of aryl methyl sites for hydroxylation is 1. The molecule has 2 N–H and O–H groups in total. The van der Waals surface area contributed by atoms with Gasteiger partial charge in [0.1, 0.15) is 17.8 Å². The van der Waals surface area contributed by atoms with Crippen molar-refractivity contribution in [2.24, 2.45) is 0 Å². The number of rotatable bonds is 8. The monoisotopic (exact) mass is 390 g/mol. The number of nitrogens with one attached hydrogen (secondary N) is 2. The molecule has 0 unspecified atom stereocenters. The maximum Gasteiger partial charge on any atom is 0.270 e. The smallest absolute Gasteiger partial charge is 0.270 e. The van der Waals surface area contributed by atoms with Crippen LogP contribution in [0.5, 0.6) is 11.5 Å². The zero-order valence-corrected chi connectivity index (χ0v) is 15.9. The molecular formula is C22H22N4O3. The molecule has 0 fully saturated rings. The van der Waals surface area contributed by atoms with Crippen LogP contribution in [0, 0.1) is 0 Å². The van der Waals surface area contributed by atoms with Gasteiger partial charge in [-0.1, -0.05) is 36.4 Å². The van der Waals surface area contributed by atoms with Crippen LogP contribution in [0.3, 0.4) is 0 Å². The standard InChI is InChI=1S/C22H22N4O3/c27-22(23-10-4-7-16-5-2-1-3-6-16)18-12-21(26-14-25-18)24-13-17-8-9-19-20(11-17)29-15-28-19/h1-3,5-6,8-9,11-12,14H,4,7,10,13,15H2,(H,23,27)(H,24,25,26). The van der Waals surface area contributed by atoms with Gasteiger partial charge in [0.15, 0.2) is 11.5 Å². The van der Waals surface area contributed by atoms with Crippen molar-refractivity contribution < 1.29 is 14.3 Å². The van der Waals surface area contributed by atoms with Crippen molar-refractivity contribution >= 4 is 11.7 Å². The molecule has 0 aliphatic carbocycles. The molecule has 148 valence electrons. The maximum atomic E-state index is 12.4. The number of hydrogen-bond donors (Lipinski definition) is 2. The van der Waals surface area contributed by atoms with Crippen molar-refractivity contribution in [2.75, 3.05) is 18.7 Å². The third-order valence-corrected chi connectivity index (χ3v) is 4.58. The van der Waals surface area contributed by atoms with E-state index in [0.717, 1.165) is 29.9 Å². The van der Waals surface area contributed by atoms with Crippen molar-refractivity contribution in [3.63, 3.8) is 0 Å². The summed E-state index contributed by atoms with van der Waals surface area (Å²) in [5, 5.41) is 6.12. The number of carbonyl (C=O) groups excluding carboxylic acids is 1. The Morgan fingerprint density at radius 3 is 2.72 bits per heavy atom. The van der Waals surface area contributed by atoms with E-state index in [0.29, 0.717) is 24.6 Å². The second kappa shape index (κ2) is 9.05. The van der Waals surface area contributed by atoms with Gasteiger partial charge in [0, 0.05) is 19.2 Å². The van der Waals surface area contributed by atoms with Crippen LogP contribution >= 0.6 is 0 Å². The molecular weight excluding hydrogens is 368 g/mol. The van der Waals surface area contributed by atoms with E-state index in [4.69, 9.17) is 9.47 Å². The Morgan fingerprint density at radius 1 is 0.966 bits per heavy atom. The Bertz CT molecular complexity index is 979. The van der Waals surface area contributed by atoms with E-state index in [2.05, 4.69) is 32.7 Å². The number of aromatic nitrogens is 2. The summed E-state index contributed by atoms with van der Waals surface area (Å²) in [5.41, 5.74) is 2.63. The summed E-state index contributed by atoms with van der Waals surface area (Å²) >= 11 is 0. The predicted octanol–water partition coefficient (Wildman–Crippen LogP) is 3.18. The van der Waals surface area contributed by atoms with Crippen LogP contribution in [0.2, 0.25) is 0 Å². The highest BCUT2D eigenvalue weighted by molar-refractivity contribution is 5.92. The minimum Gasteiger partial charge on any atom is -0.454 e. The Hall–Kier alpha value is -3.61. The fourth-order valence-corrected chi connectivity index (χ4v) is 3.05. The highest BCUT2D eigenvalue weighted by Crippen LogP contribution is 2.32. The van der Waals surface area contributed by atoms with Crippen LogP contribution < -0.4 is 20.1 Å². The van der Waals surface area contributed by atoms with Crippen molar-refractivity contribution in [3.05, 3.63) is 77.7 Å². The molecule has 29 heavy (non-hydrogen) atoms. The second-order valence-corrected chi connectivity index (χ2v) is 6.67. The lowest BCUT2D eigenvalue weighted by Crippen LogP contribution is -2.26. The topological polar surface area (TPSA) is 85.4 Å². The molecule has 0 spiro atoms. The molecule has 7 heteroatoms. The summed E-state index contributed by atoms with van der Waals surface area (Å²) in [5.74, 6) is 1.88. The molecule has 1 aromatic heterocycles. The number of ether oxygens (including phenoxy) is 2. The fraction of sp³-hybridized carbons (Fsp3) is 0.227. The van der Waals surface area contributed by atoms with Crippen LogP contribution in [-0.2, 0) is 13.0 Å². The van der Waals surface area contributed by atoms with E-state index in [1.165, 1.54) is 11.9 Å². The molecule has 0 radical (unpaired) electrons. The molecule has 2 aromatic carbocycles. The van der Waals surface area contributed by atoms with Gasteiger partial charge in [0.2, 0.25) is 6.79 Å². The molecule has 3 aromatic rings. The molecule has 0 bridgehead atoms. The molecule has 7 nitrogen and oxygen atoms in total. The Balaban J connectivity index is 1.27. The third kappa shape index (κ3) is 5.01. The van der Waals surface area contributed by atoms with Gasteiger partial charge in [0.25, 0.3) is 5.91 Å². The van der Waals surface area contributed by atoms with E-state index >= 15 is 0 Å². The third-order valence-electron chi connectivity index (χ3n) is 4.58. The van der Waals surface area contributed by atoms with Gasteiger partial charge in [-0.2, -0.15) is 0 Å². The summed E-state index contributed by atoms with van der Waals surface area (Å²) in [4.78, 5) is 20.6. The van der Waals surface area contributed by atoms with Gasteiger partial charge in [-0.3, -0.25) is 4.79 Å². The minimum atomic E-state index is -0.202. The van der Waals surface area contributed by atoms with Crippen LogP contribution in [-0.4, -0.2) is 29.2 Å². The number of hydrogen-bond acceptors (Lipinski definition) is 6. The summed E-state index contributed by atoms with van der Waals surface area (Å²) in [7, 11) is 0. The Morgan fingerprint density at radius 2 is 1.83 bits per heavy atom. The van der Waals surface area contributed by atoms with E-state index < -0.39 is 0 Å². The lowest BCUT2D eigenvalue weighted by atomic mass is 10.1. The summed E-state index contributed by atoms with van der Waals surface area (Å²) in [6, 6.07) is 17.6. The summed E-state index contributed by atoms with van der Waals surface area (Å²) in [6.45, 7) is 1.39. The van der Waals surface area contributed by atoms with Crippen molar-refractivity contribution in [2.45, 2.75) is 19.4 Å². The molecule has 0 atom stereocenters. The Kier molecular flexibility index (Phi) is 5.85. The lowest BCUT2D eigenvalue weighted by molar-refractivity contribution is 0.0948. The molecule has 1 amide bonds. The molecule has 0 saturated carbocycles. The number of carbonyl (C=O) groups is 1. The van der Waals surface area contributed by atoms with Gasteiger partial charge >= 0.3 is 0 Å². The first kappa shape index (κ1) is 18.7. The Labute approximate surface area is 169 Å². The molecule has 1 aliphatic heterocycles. The van der Waals surface area contributed by atoms with E-state index in [1.54, 1.807) is 6.07 Å². The van der Waals surface area contributed by atoms with Gasteiger partial charge in [-0.25, -0.2) is 9.97 Å². The van der Waals surface area contributed by atoms with Gasteiger partial charge in [-0.15, -0.1) is 0 Å². The van der Waals surface area contributed by atoms with Crippen LogP contribution in [0.25, 0.3) is 0 Å². The van der Waals surface area contributed by atoms with Crippen LogP contribution in [0.4, 0.5) is 5.82 Å². The number of anilines is 1. The minimum absolute atomic E-state index is 0.202. The zero-order chi connectivity index (χ0) is 19.9. The summed E-state index contributed by atoms with van der Waals surface area (Å²) < 4.78 is 10.7. The summed E-state index contributed by atoms with van der Waals surface area (Å²) in [6.07, 6.45) is 3.18. The average Bonchev–Trinajstić information content (AvgIpc) is 3.24. The maximum absolute atomic E-state index is 12.4. The van der Waals surface area contributed by atoms with Crippen LogP contribution in [0.1, 0.15) is 28.0 Å². The largest absolute Gasteiger partial charge is 0.454 e. The first-order valence-corrected chi connectivity index (χ1v) is 9.54. The first-order chi connectivity index (χ1) is 14.3. The second-order valence-electron chi connectivity index (χ2n) is 6.67. The number of nitrogens with zero attached hydrogens (tertiary/aromatic N) is 2. The quantitative estimate of drug-likeness (QED) is 0.575. The molecule has 0 saturated heterocycles. The molecule has 4 rings (SSSR count). The molecule has 1 aliphatic rings. The van der Waals surface area contributed by atoms with Crippen molar-refractivity contribution in [1.82, 2.24) is 15.3 Å². The fourth-order valence-electron chi connectivity index (χ4n) is 3.05. The average molecular weight is 390 g/mol. The van der Waals surface area contributed by atoms with Gasteiger partial charge in [0.05, 0.1) is 0 Å². The normalized spacial score (nSPS) is 11.9. The number of fused-ring (bicyclic) bond motifs is 1. The highest BCUT2D eigenvalue weighted by atomic mass is 16.7. The highest BCUT2D eigenvalue weighted by Gasteiger charge is 2.13. The molecule has 2 heterocycles. The lowest BCUT2D eigenvalue weighted by Gasteiger charge is -2.08. The van der Waals surface area contributed by atoms with Crippen LogP contribution in [0.15, 0.2) is 60.9 Å². The van der Waals surface area contributed by atoms with Gasteiger partial charge < -0.3 is 20.1 Å². The van der Waals surface area contributed by atoms with Gasteiger partial charge in [-0.05, 0) is 36.1 Å². The van der Waals surface area contributed by atoms with E-state index in [9.17, 15) is 4.79 Å². The number of amides is 1.